The molecule has 2 heterocycles. The monoisotopic (exact) mass is 557 g/mol. The van der Waals surface area contributed by atoms with Gasteiger partial charge < -0.3 is 30.7 Å². The van der Waals surface area contributed by atoms with Crippen molar-refractivity contribution < 1.29 is 33.0 Å². The van der Waals surface area contributed by atoms with Crippen LogP contribution in [0.4, 0.5) is 24.1 Å². The maximum atomic E-state index is 14.1. The number of carbonyl (C=O) groups is 3. The van der Waals surface area contributed by atoms with Gasteiger partial charge in [0.15, 0.2) is 11.6 Å². The average molecular weight is 558 g/mol. The molecule has 0 aliphatic carbocycles. The van der Waals surface area contributed by atoms with Gasteiger partial charge in [-0.05, 0) is 49.1 Å². The first-order valence-corrected chi connectivity index (χ1v) is 13.0. The van der Waals surface area contributed by atoms with Crippen molar-refractivity contribution in [2.24, 2.45) is 0 Å². The summed E-state index contributed by atoms with van der Waals surface area (Å²) in [4.78, 5) is 41.4. The van der Waals surface area contributed by atoms with Crippen molar-refractivity contribution in [3.8, 4) is 0 Å². The molecule has 4 amide bonds. The Labute approximate surface area is 231 Å². The second-order valence-electron chi connectivity index (χ2n) is 9.74. The van der Waals surface area contributed by atoms with Crippen LogP contribution in [-0.4, -0.2) is 74.0 Å². The second kappa shape index (κ2) is 12.9. The quantitative estimate of drug-likeness (QED) is 0.349. The molecular weight excluding hydrogens is 524 g/mol. The van der Waals surface area contributed by atoms with E-state index in [9.17, 15) is 28.3 Å². The molecule has 12 heteroatoms. The number of amides is 4. The minimum atomic E-state index is -1.51. The average Bonchev–Trinajstić information content (AvgIpc) is 2.93. The van der Waals surface area contributed by atoms with Crippen LogP contribution in [0.25, 0.3) is 0 Å². The number of hydrogen-bond donors (Lipinski definition) is 4. The van der Waals surface area contributed by atoms with E-state index in [0.29, 0.717) is 11.4 Å². The zero-order valence-corrected chi connectivity index (χ0v) is 22.4. The highest BCUT2D eigenvalue weighted by Crippen LogP contribution is 2.34. The number of nitrogens with zero attached hydrogens (tertiary/aromatic N) is 2. The number of piperidine rings is 1. The number of halogens is 2. The fourth-order valence-electron chi connectivity index (χ4n) is 5.15. The molecule has 4 rings (SSSR count). The minimum Gasteiger partial charge on any atom is -0.478 e. The summed E-state index contributed by atoms with van der Waals surface area (Å²) in [5.41, 5.74) is 1.91. The molecule has 2 aromatic carbocycles. The Kier molecular flexibility index (Phi) is 9.33. The first-order valence-electron chi connectivity index (χ1n) is 13.0. The number of aliphatic carboxylic acids is 1. The predicted molar refractivity (Wildman–Crippen MR) is 144 cm³/mol. The summed E-state index contributed by atoms with van der Waals surface area (Å²) < 4.78 is 32.7. The van der Waals surface area contributed by atoms with Crippen molar-refractivity contribution >= 4 is 23.7 Å². The number of aryl methyl sites for hydroxylation is 1. The van der Waals surface area contributed by atoms with Crippen molar-refractivity contribution in [2.75, 3.05) is 44.8 Å². The first-order chi connectivity index (χ1) is 19.2. The van der Waals surface area contributed by atoms with Gasteiger partial charge in [0.2, 0.25) is 0 Å². The van der Waals surface area contributed by atoms with Crippen LogP contribution < -0.4 is 20.9 Å². The molecule has 0 spiro atoms. The Balaban J connectivity index is 1.40. The lowest BCUT2D eigenvalue weighted by Gasteiger charge is -2.36. The maximum absolute atomic E-state index is 14.1. The Morgan fingerprint density at radius 3 is 2.48 bits per heavy atom. The molecule has 0 radical (unpaired) electrons. The molecule has 0 aromatic heterocycles. The summed E-state index contributed by atoms with van der Waals surface area (Å²) in [6, 6.07) is 7.94. The van der Waals surface area contributed by atoms with Crippen molar-refractivity contribution in [1.29, 1.82) is 0 Å². The van der Waals surface area contributed by atoms with Gasteiger partial charge in [-0.25, -0.2) is 28.1 Å². The normalized spacial score (nSPS) is 18.1. The van der Waals surface area contributed by atoms with Gasteiger partial charge >= 0.3 is 18.0 Å². The van der Waals surface area contributed by atoms with Gasteiger partial charge in [-0.3, -0.25) is 0 Å². The minimum absolute atomic E-state index is 0.0755. The van der Waals surface area contributed by atoms with E-state index in [4.69, 9.17) is 4.74 Å². The van der Waals surface area contributed by atoms with Crippen LogP contribution in [0.2, 0.25) is 0 Å². The van der Waals surface area contributed by atoms with Crippen molar-refractivity contribution in [2.45, 2.75) is 31.8 Å². The van der Waals surface area contributed by atoms with Gasteiger partial charge in [-0.2, -0.15) is 0 Å². The van der Waals surface area contributed by atoms with E-state index in [-0.39, 0.29) is 36.0 Å². The number of nitrogens with one attached hydrogen (secondary N) is 3. The van der Waals surface area contributed by atoms with E-state index < -0.39 is 35.7 Å². The molecule has 1 fully saturated rings. The predicted octanol–water partition coefficient (Wildman–Crippen LogP) is 3.29. The summed E-state index contributed by atoms with van der Waals surface area (Å²) in [5, 5.41) is 18.4. The number of carboxylic acid groups (broad SMARTS) is 1. The third-order valence-corrected chi connectivity index (χ3v) is 7.12. The Morgan fingerprint density at radius 1 is 1.10 bits per heavy atom. The SMILES string of the molecule is COCC1=C(C(=O)O)C(c2ccc(F)c(F)c2)N(C(=O)NCCNC2CCN(c3ccccc3C)CC2)C(=O)N1. The highest BCUT2D eigenvalue weighted by atomic mass is 19.2. The maximum Gasteiger partial charge on any atom is 0.335 e. The van der Waals surface area contributed by atoms with Gasteiger partial charge in [0, 0.05) is 45.0 Å². The molecule has 4 N–H and O–H groups in total. The molecule has 0 bridgehead atoms. The third-order valence-electron chi connectivity index (χ3n) is 7.12. The topological polar surface area (TPSA) is 123 Å². The summed E-state index contributed by atoms with van der Waals surface area (Å²) in [7, 11) is 1.31. The number of hydrogen-bond acceptors (Lipinski definition) is 6. The highest BCUT2D eigenvalue weighted by molar-refractivity contribution is 6.01. The number of imide groups is 1. The lowest BCUT2D eigenvalue weighted by molar-refractivity contribution is -0.133. The Hall–Kier alpha value is -4.03. The summed E-state index contributed by atoms with van der Waals surface area (Å²) >= 11 is 0. The molecule has 1 saturated heterocycles. The summed E-state index contributed by atoms with van der Waals surface area (Å²) in [6.45, 7) is 4.19. The number of rotatable bonds is 9. The molecule has 1 atom stereocenters. The van der Waals surface area contributed by atoms with E-state index in [0.717, 1.165) is 44.1 Å². The summed E-state index contributed by atoms with van der Waals surface area (Å²) in [6.07, 6.45) is 1.84. The highest BCUT2D eigenvalue weighted by Gasteiger charge is 2.42. The van der Waals surface area contributed by atoms with Crippen LogP contribution in [0.5, 0.6) is 0 Å². The fraction of sp³-hybridized carbons (Fsp3) is 0.393. The molecule has 2 aliphatic rings. The zero-order chi connectivity index (χ0) is 28.8. The Morgan fingerprint density at radius 2 is 1.82 bits per heavy atom. The van der Waals surface area contributed by atoms with E-state index in [2.05, 4.69) is 39.9 Å². The van der Waals surface area contributed by atoms with Crippen LogP contribution in [-0.2, 0) is 9.53 Å². The lowest BCUT2D eigenvalue weighted by atomic mass is 9.93. The van der Waals surface area contributed by atoms with E-state index in [1.807, 2.05) is 12.1 Å². The van der Waals surface area contributed by atoms with Gasteiger partial charge in [-0.1, -0.05) is 24.3 Å². The van der Waals surface area contributed by atoms with Crippen LogP contribution in [0.15, 0.2) is 53.7 Å². The number of methoxy groups -OCH3 is 1. The number of carboxylic acids is 1. The molecular formula is C28H33F2N5O5. The van der Waals surface area contributed by atoms with E-state index in [1.54, 1.807) is 0 Å². The Bertz CT molecular complexity index is 1300. The van der Waals surface area contributed by atoms with Crippen molar-refractivity contribution in [3.63, 3.8) is 0 Å². The van der Waals surface area contributed by atoms with Gasteiger partial charge in [-0.15, -0.1) is 0 Å². The molecule has 40 heavy (non-hydrogen) atoms. The van der Waals surface area contributed by atoms with Crippen LogP contribution in [0.1, 0.15) is 30.0 Å². The number of ether oxygens (including phenoxy) is 1. The molecule has 1 unspecified atom stereocenters. The molecule has 2 aromatic rings. The molecule has 214 valence electrons. The van der Waals surface area contributed by atoms with Crippen LogP contribution in [0.3, 0.4) is 0 Å². The molecule has 10 nitrogen and oxygen atoms in total. The van der Waals surface area contributed by atoms with Gasteiger partial charge in [0.25, 0.3) is 0 Å². The van der Waals surface area contributed by atoms with Crippen LogP contribution in [0, 0.1) is 18.6 Å². The first kappa shape index (κ1) is 29.0. The molecule has 0 saturated carbocycles. The van der Waals surface area contributed by atoms with Crippen molar-refractivity contribution in [3.05, 3.63) is 76.5 Å². The standard InChI is InChI=1S/C28H33F2N5O5/c1-17-5-3-4-6-23(17)34-13-9-19(10-14-34)31-11-12-32-27(38)35-25(18-7-8-20(29)21(30)15-18)24(26(36)37)22(16-40-2)33-28(35)39/h3-8,15,19,25,31H,9-14,16H2,1-2H3,(H,32,38)(H,33,39)(H,36,37). The van der Waals surface area contributed by atoms with E-state index in [1.165, 1.54) is 18.4 Å². The zero-order valence-electron chi connectivity index (χ0n) is 22.4. The summed E-state index contributed by atoms with van der Waals surface area (Å²) in [5.74, 6) is -3.83. The van der Waals surface area contributed by atoms with Gasteiger partial charge in [0.1, 0.15) is 6.04 Å². The number of benzene rings is 2. The lowest BCUT2D eigenvalue weighted by Crippen LogP contribution is -2.55. The van der Waals surface area contributed by atoms with Crippen molar-refractivity contribution in [1.82, 2.24) is 20.9 Å². The smallest absolute Gasteiger partial charge is 0.335 e. The number of urea groups is 2. The third kappa shape index (κ3) is 6.40. The second-order valence-corrected chi connectivity index (χ2v) is 9.74. The molecule has 2 aliphatic heterocycles. The number of carbonyl (C=O) groups excluding carboxylic acids is 2. The number of para-hydroxylation sites is 1. The number of anilines is 1. The fourth-order valence-corrected chi connectivity index (χ4v) is 5.15. The van der Waals surface area contributed by atoms with Gasteiger partial charge in [0.05, 0.1) is 17.9 Å². The van der Waals surface area contributed by atoms with Crippen LogP contribution >= 0.6 is 0 Å². The largest absolute Gasteiger partial charge is 0.478 e. The van der Waals surface area contributed by atoms with E-state index >= 15 is 0 Å².